The molecule has 0 amide bonds. The molecule has 3 N–H and O–H groups in total. The summed E-state index contributed by atoms with van der Waals surface area (Å²) in [6.07, 6.45) is 1.06. The Kier molecular flexibility index (Phi) is 8.24. The molecule has 4 nitrogen and oxygen atoms in total. The Morgan fingerprint density at radius 3 is 2.47 bits per heavy atom. The number of nitrogens with two attached hydrogens (primary N) is 1. The van der Waals surface area contributed by atoms with Gasteiger partial charge in [-0.25, -0.2) is 0 Å². The zero-order valence-corrected chi connectivity index (χ0v) is 19.8. The van der Waals surface area contributed by atoms with E-state index in [2.05, 4.69) is 0 Å². The second-order valence-corrected chi connectivity index (χ2v) is 9.41. The number of rotatable bonds is 10. The molecule has 0 aromatic heterocycles. The van der Waals surface area contributed by atoms with Gasteiger partial charge in [-0.1, -0.05) is 86.1 Å². The van der Waals surface area contributed by atoms with Crippen LogP contribution in [0.3, 0.4) is 0 Å². The van der Waals surface area contributed by atoms with Crippen molar-refractivity contribution < 1.29 is 14.6 Å². The Morgan fingerprint density at radius 1 is 1.09 bits per heavy atom. The first-order valence-corrected chi connectivity index (χ1v) is 11.8. The van der Waals surface area contributed by atoms with Crippen molar-refractivity contribution in [2.45, 2.75) is 54.5 Å². The zero-order chi connectivity index (χ0) is 23.1. The highest BCUT2D eigenvalue weighted by molar-refractivity contribution is 7.99. The van der Waals surface area contributed by atoms with Gasteiger partial charge in [-0.05, 0) is 47.9 Å². The number of hydrogen-bond acceptors (Lipinski definition) is 4. The minimum Gasteiger partial charge on any atom is -0.489 e. The lowest BCUT2D eigenvalue weighted by Gasteiger charge is -2.32. The van der Waals surface area contributed by atoms with Crippen LogP contribution >= 0.6 is 23.4 Å². The fourth-order valence-corrected chi connectivity index (χ4v) is 4.94. The zero-order valence-electron chi connectivity index (χ0n) is 18.3. The fraction of sp³-hybridized carbons (Fsp3) is 0.269. The van der Waals surface area contributed by atoms with Crippen LogP contribution in [0.1, 0.15) is 43.7 Å². The molecule has 168 valence electrons. The molecule has 2 unspecified atom stereocenters. The van der Waals surface area contributed by atoms with Gasteiger partial charge in [0.2, 0.25) is 0 Å². The highest BCUT2D eigenvalue weighted by Gasteiger charge is 2.40. The minimum atomic E-state index is -1.35. The molecular formula is C26H28ClNO3S. The van der Waals surface area contributed by atoms with Crippen molar-refractivity contribution in [1.82, 2.24) is 0 Å². The average molecular weight is 470 g/mol. The van der Waals surface area contributed by atoms with Crippen molar-refractivity contribution in [3.63, 3.8) is 0 Å². The van der Waals surface area contributed by atoms with Crippen LogP contribution in [0, 0.1) is 0 Å². The van der Waals surface area contributed by atoms with Gasteiger partial charge in [0.15, 0.2) is 0 Å². The van der Waals surface area contributed by atoms with Gasteiger partial charge in [0.05, 0.1) is 0 Å². The lowest BCUT2D eigenvalue weighted by molar-refractivity contribution is -0.144. The van der Waals surface area contributed by atoms with Crippen LogP contribution in [0.2, 0.25) is 5.02 Å². The van der Waals surface area contributed by atoms with Gasteiger partial charge in [-0.2, -0.15) is 0 Å². The van der Waals surface area contributed by atoms with E-state index < -0.39 is 17.4 Å². The normalized spacial score (nSPS) is 13.9. The maximum absolute atomic E-state index is 11.8. The molecule has 0 bridgehead atoms. The summed E-state index contributed by atoms with van der Waals surface area (Å²) in [5, 5.41) is 10.2. The first kappa shape index (κ1) is 24.2. The van der Waals surface area contributed by atoms with Gasteiger partial charge in [-0.15, -0.1) is 0 Å². The lowest BCUT2D eigenvalue weighted by atomic mass is 9.78. The van der Waals surface area contributed by atoms with Gasteiger partial charge in [0.1, 0.15) is 17.9 Å². The van der Waals surface area contributed by atoms with E-state index in [0.717, 1.165) is 26.7 Å². The summed E-state index contributed by atoms with van der Waals surface area (Å²) in [5.74, 6) is -0.626. The third-order valence-electron chi connectivity index (χ3n) is 5.56. The predicted octanol–water partition coefficient (Wildman–Crippen LogP) is 6.76. The minimum absolute atomic E-state index is 0.381. The topological polar surface area (TPSA) is 72.6 Å². The van der Waals surface area contributed by atoms with Crippen molar-refractivity contribution in [1.29, 1.82) is 0 Å². The Morgan fingerprint density at radius 2 is 1.81 bits per heavy atom. The Hall–Kier alpha value is -2.47. The summed E-state index contributed by atoms with van der Waals surface area (Å²) in [5.41, 5.74) is 6.78. The van der Waals surface area contributed by atoms with E-state index in [4.69, 9.17) is 22.1 Å². The summed E-state index contributed by atoms with van der Waals surface area (Å²) in [4.78, 5) is 13.8. The molecule has 0 radical (unpaired) electrons. The Balaban J connectivity index is 1.72. The molecule has 32 heavy (non-hydrogen) atoms. The van der Waals surface area contributed by atoms with Crippen molar-refractivity contribution in [2.24, 2.45) is 5.73 Å². The number of hydrogen-bond donors (Lipinski definition) is 2. The summed E-state index contributed by atoms with van der Waals surface area (Å²) >= 11 is 8.13. The number of carbonyl (C=O) groups is 1. The quantitative estimate of drug-likeness (QED) is 0.343. The van der Waals surface area contributed by atoms with Crippen LogP contribution in [0.5, 0.6) is 5.75 Å². The molecule has 0 aliphatic carbocycles. The highest BCUT2D eigenvalue weighted by atomic mass is 35.5. The molecule has 2 atom stereocenters. The summed E-state index contributed by atoms with van der Waals surface area (Å²) in [6, 6.07) is 23.6. The van der Waals surface area contributed by atoms with Crippen molar-refractivity contribution in [3.8, 4) is 5.75 Å². The van der Waals surface area contributed by atoms with Crippen molar-refractivity contribution >= 4 is 29.3 Å². The molecule has 0 aliphatic rings. The largest absolute Gasteiger partial charge is 0.489 e. The van der Waals surface area contributed by atoms with Gasteiger partial charge in [0.25, 0.3) is 0 Å². The van der Waals surface area contributed by atoms with E-state index in [1.165, 1.54) is 0 Å². The van der Waals surface area contributed by atoms with Gasteiger partial charge < -0.3 is 15.6 Å². The third-order valence-corrected chi connectivity index (χ3v) is 6.87. The first-order chi connectivity index (χ1) is 15.3. The standard InChI is InChI=1S/C26H28ClNO3S/c1-3-14-26(28,25(29)30)18(2)23-13-12-22(16-24(23)27)32-21-11-7-10-20(15-21)31-17-19-8-5-4-6-9-19/h4-13,15-16,18H,3,14,17,28H2,1-2H3,(H,29,30). The lowest BCUT2D eigenvalue weighted by Crippen LogP contribution is -2.52. The Labute approximate surface area is 198 Å². The van der Waals surface area contributed by atoms with Crippen LogP contribution in [0.15, 0.2) is 82.6 Å². The number of halogens is 1. The molecule has 0 saturated heterocycles. The van der Waals surface area contributed by atoms with Crippen LogP contribution in [-0.4, -0.2) is 16.6 Å². The van der Waals surface area contributed by atoms with E-state index in [1.54, 1.807) is 11.8 Å². The van der Waals surface area contributed by atoms with Crippen LogP contribution in [0.4, 0.5) is 0 Å². The molecular weight excluding hydrogens is 442 g/mol. The van der Waals surface area contributed by atoms with Crippen LogP contribution in [0.25, 0.3) is 0 Å². The number of aliphatic carboxylic acids is 1. The number of carboxylic acids is 1. The number of ether oxygens (including phenoxy) is 1. The van der Waals surface area contributed by atoms with Gasteiger partial charge in [0, 0.05) is 20.7 Å². The average Bonchev–Trinajstić information content (AvgIpc) is 2.78. The smallest absolute Gasteiger partial charge is 0.324 e. The predicted molar refractivity (Wildman–Crippen MR) is 131 cm³/mol. The second kappa shape index (κ2) is 10.9. The maximum atomic E-state index is 11.8. The fourth-order valence-electron chi connectivity index (χ4n) is 3.63. The monoisotopic (exact) mass is 469 g/mol. The highest BCUT2D eigenvalue weighted by Crippen LogP contribution is 2.38. The summed E-state index contributed by atoms with van der Waals surface area (Å²) in [7, 11) is 0. The molecule has 3 aromatic rings. The maximum Gasteiger partial charge on any atom is 0.324 e. The molecule has 6 heteroatoms. The summed E-state index contributed by atoms with van der Waals surface area (Å²) < 4.78 is 5.92. The SMILES string of the molecule is CCCC(N)(C(=O)O)C(C)c1ccc(Sc2cccc(OCc3ccccc3)c2)cc1Cl. The molecule has 0 aliphatic heterocycles. The number of benzene rings is 3. The molecule has 3 rings (SSSR count). The summed E-state index contributed by atoms with van der Waals surface area (Å²) in [6.45, 7) is 4.26. The first-order valence-electron chi connectivity index (χ1n) is 10.6. The molecule has 0 fully saturated rings. The van der Waals surface area contributed by atoms with E-state index >= 15 is 0 Å². The van der Waals surface area contributed by atoms with Crippen molar-refractivity contribution in [2.75, 3.05) is 0 Å². The van der Waals surface area contributed by atoms with E-state index in [1.807, 2.05) is 86.6 Å². The number of carboxylic acid groups (broad SMARTS) is 1. The van der Waals surface area contributed by atoms with Crippen LogP contribution in [-0.2, 0) is 11.4 Å². The molecule has 3 aromatic carbocycles. The molecule has 0 heterocycles. The third kappa shape index (κ3) is 5.85. The van der Waals surface area contributed by atoms with Crippen LogP contribution < -0.4 is 10.5 Å². The van der Waals surface area contributed by atoms with Crippen molar-refractivity contribution in [3.05, 3.63) is 88.9 Å². The molecule has 0 spiro atoms. The van der Waals surface area contributed by atoms with Gasteiger partial charge >= 0.3 is 5.97 Å². The Bertz CT molecular complexity index is 1060. The molecule has 0 saturated carbocycles. The van der Waals surface area contributed by atoms with Gasteiger partial charge in [-0.3, -0.25) is 4.79 Å². The van der Waals surface area contributed by atoms with E-state index in [0.29, 0.717) is 24.5 Å². The van der Waals surface area contributed by atoms with E-state index in [-0.39, 0.29) is 0 Å². The second-order valence-electron chi connectivity index (χ2n) is 7.85. The van der Waals surface area contributed by atoms with E-state index in [9.17, 15) is 9.90 Å².